The second-order valence-corrected chi connectivity index (χ2v) is 18.8. The number of thiophene rings is 1. The summed E-state index contributed by atoms with van der Waals surface area (Å²) in [6, 6.07) is 14.5. The molecule has 1 N–H and O–H groups in total. The number of ether oxygens (including phenoxy) is 2. The van der Waals surface area contributed by atoms with Crippen LogP contribution in [0.15, 0.2) is 70.5 Å². The van der Waals surface area contributed by atoms with Gasteiger partial charge in [0, 0.05) is 53.5 Å². The summed E-state index contributed by atoms with van der Waals surface area (Å²) in [4.78, 5) is 31.2. The number of carbonyl (C=O) groups is 1. The maximum Gasteiger partial charge on any atom is 0.272 e. The van der Waals surface area contributed by atoms with Crippen LogP contribution in [-0.2, 0) is 6.42 Å². The molecule has 1 spiro atoms. The molecule has 3 fully saturated rings. The highest BCUT2D eigenvalue weighted by molar-refractivity contribution is 7.15. The Balaban J connectivity index is 0.740. The van der Waals surface area contributed by atoms with Crippen molar-refractivity contribution in [2.45, 2.75) is 103 Å². The largest absolute Gasteiger partial charge is 0.490 e. The Morgan fingerprint density at radius 2 is 1.87 bits per heavy atom. The van der Waals surface area contributed by atoms with Crippen LogP contribution in [-0.4, -0.2) is 77.9 Å². The van der Waals surface area contributed by atoms with E-state index in [0.29, 0.717) is 40.2 Å². The third kappa shape index (κ3) is 8.15. The van der Waals surface area contributed by atoms with Crippen molar-refractivity contribution < 1.29 is 18.7 Å². The number of rotatable bonds is 10. The minimum Gasteiger partial charge on any atom is -0.490 e. The van der Waals surface area contributed by atoms with Gasteiger partial charge in [-0.3, -0.25) is 14.4 Å². The molecule has 2 aliphatic carbocycles. The molecule has 6 aromatic rings. The van der Waals surface area contributed by atoms with Gasteiger partial charge in [-0.25, -0.2) is 9.97 Å². The lowest BCUT2D eigenvalue weighted by atomic mass is 9.62. The third-order valence-electron chi connectivity index (χ3n) is 13.0. The summed E-state index contributed by atoms with van der Waals surface area (Å²) in [5, 5.41) is 31.6. The fourth-order valence-electron chi connectivity index (χ4n) is 9.58. The van der Waals surface area contributed by atoms with E-state index in [0.717, 1.165) is 104 Å². The minimum absolute atomic E-state index is 0.0221. The first-order valence-electron chi connectivity index (χ1n) is 21.5. The van der Waals surface area contributed by atoms with Crippen molar-refractivity contribution in [1.82, 2.24) is 40.2 Å². The van der Waals surface area contributed by atoms with Crippen LogP contribution in [0.25, 0.3) is 5.00 Å². The lowest BCUT2D eigenvalue weighted by Crippen LogP contribution is -2.54. The average molecular weight is 884 g/mol. The molecule has 1 aromatic carbocycles. The van der Waals surface area contributed by atoms with Crippen molar-refractivity contribution in [2.24, 2.45) is 10.4 Å². The van der Waals surface area contributed by atoms with Crippen LogP contribution in [0.5, 0.6) is 11.6 Å². The number of anilines is 1. The summed E-state index contributed by atoms with van der Waals surface area (Å²) in [5.74, 6) is 3.96. The number of aliphatic imine (C=N–C) groups is 1. The van der Waals surface area contributed by atoms with E-state index in [2.05, 4.69) is 66.1 Å². The van der Waals surface area contributed by atoms with Gasteiger partial charge in [-0.1, -0.05) is 11.6 Å². The number of nitrogens with one attached hydrogen (secondary N) is 1. The molecule has 0 bridgehead atoms. The van der Waals surface area contributed by atoms with Crippen molar-refractivity contribution in [1.29, 1.82) is 5.26 Å². The molecule has 0 radical (unpaired) electrons. The van der Waals surface area contributed by atoms with Gasteiger partial charge in [0.05, 0.1) is 35.0 Å². The number of amides is 1. The zero-order valence-corrected chi connectivity index (χ0v) is 36.8. The average Bonchev–Trinajstić information content (AvgIpc) is 3.99. The molecule has 2 aliphatic heterocycles. The van der Waals surface area contributed by atoms with Crippen molar-refractivity contribution in [3.8, 4) is 22.7 Å². The van der Waals surface area contributed by atoms with Gasteiger partial charge in [-0.2, -0.15) is 5.26 Å². The number of nitrogens with zero attached hydrogens (tertiary/aromatic N) is 10. The summed E-state index contributed by atoms with van der Waals surface area (Å²) in [6.07, 6.45) is 12.8. The Morgan fingerprint density at radius 3 is 2.60 bits per heavy atom. The summed E-state index contributed by atoms with van der Waals surface area (Å²) in [7, 11) is 0. The molecule has 17 heteroatoms. The first kappa shape index (κ1) is 40.9. The maximum atomic E-state index is 13.2. The first-order chi connectivity index (χ1) is 30.6. The first-order valence-corrected chi connectivity index (χ1v) is 22.7. The van der Waals surface area contributed by atoms with Crippen LogP contribution < -0.4 is 19.7 Å². The number of oxazole rings is 1. The van der Waals surface area contributed by atoms with Crippen LogP contribution in [0.4, 0.5) is 5.82 Å². The number of nitriles is 1. The second-order valence-electron chi connectivity index (χ2n) is 17.2. The van der Waals surface area contributed by atoms with E-state index in [9.17, 15) is 4.79 Å². The van der Waals surface area contributed by atoms with Gasteiger partial charge in [-0.15, -0.1) is 31.7 Å². The molecule has 5 aromatic heterocycles. The van der Waals surface area contributed by atoms with Crippen LogP contribution in [0.3, 0.4) is 0 Å². The number of aromatic nitrogens is 7. The molecule has 2 saturated carbocycles. The summed E-state index contributed by atoms with van der Waals surface area (Å²) in [5.41, 5.74) is 4.85. The Kier molecular flexibility index (Phi) is 10.9. The number of benzene rings is 1. The molecule has 1 atom stereocenters. The standard InChI is InChI=1S/C46H46ClN11O4S/c1-26-27(2)63-45-41(26)42(52-37(20-40-49-16-18-60-40)43-56-53-28(3)58(43)45)30-6-14-39(50-24-30)62-34-21-46(22-34)15-4-17-57(25-46)38-13-12-36(54-55-38)44(59)51-31-7-10-32(11-8-31)61-33-9-5-29(23-48)35(47)19-33/h5-6,9,12-14,16,18-19,24,31-32,34,37H,4,7-8,10-11,15,17,20-22,25H2,1-3H3,(H,51,59)/t31-,32-,34-,37-,46+/m0/s1. The number of carbonyl (C=O) groups excluding carboxylic acids is 1. The number of aryl methyl sites for hydroxylation is 2. The minimum atomic E-state index is -0.355. The predicted molar refractivity (Wildman–Crippen MR) is 236 cm³/mol. The van der Waals surface area contributed by atoms with Gasteiger partial charge < -0.3 is 24.1 Å². The quantitative estimate of drug-likeness (QED) is 0.140. The van der Waals surface area contributed by atoms with E-state index >= 15 is 0 Å². The Hall–Kier alpha value is -6.18. The number of hydrogen-bond donors (Lipinski definition) is 1. The van der Waals surface area contributed by atoms with E-state index in [-0.39, 0.29) is 35.6 Å². The van der Waals surface area contributed by atoms with E-state index in [1.807, 2.05) is 25.3 Å². The van der Waals surface area contributed by atoms with Gasteiger partial charge >= 0.3 is 0 Å². The molecular formula is C46H46ClN11O4S. The molecule has 322 valence electrons. The lowest BCUT2D eigenvalue weighted by Gasteiger charge is -2.52. The predicted octanol–water partition coefficient (Wildman–Crippen LogP) is 8.03. The van der Waals surface area contributed by atoms with Crippen molar-refractivity contribution in [3.05, 3.63) is 117 Å². The lowest BCUT2D eigenvalue weighted by molar-refractivity contribution is -0.0261. The molecule has 7 heterocycles. The molecule has 0 unspecified atom stereocenters. The third-order valence-corrected chi connectivity index (χ3v) is 14.5. The van der Waals surface area contributed by atoms with Gasteiger partial charge in [0.2, 0.25) is 5.88 Å². The van der Waals surface area contributed by atoms with Crippen LogP contribution in [0.2, 0.25) is 5.02 Å². The summed E-state index contributed by atoms with van der Waals surface area (Å²) >= 11 is 7.89. The maximum absolute atomic E-state index is 13.2. The molecular weight excluding hydrogens is 838 g/mol. The van der Waals surface area contributed by atoms with Gasteiger partial charge in [0.15, 0.2) is 23.2 Å². The Morgan fingerprint density at radius 1 is 1.02 bits per heavy atom. The van der Waals surface area contributed by atoms with Crippen LogP contribution >= 0.6 is 22.9 Å². The highest BCUT2D eigenvalue weighted by Gasteiger charge is 2.48. The van der Waals surface area contributed by atoms with Gasteiger partial charge in [-0.05, 0) is 113 Å². The number of piperidine rings is 1. The molecule has 1 saturated heterocycles. The van der Waals surface area contributed by atoms with Crippen LogP contribution in [0.1, 0.15) is 113 Å². The number of fused-ring (bicyclic) bond motifs is 3. The fraction of sp³-hybridized carbons (Fsp3) is 0.413. The highest BCUT2D eigenvalue weighted by atomic mass is 35.5. The highest BCUT2D eigenvalue weighted by Crippen LogP contribution is 2.49. The van der Waals surface area contributed by atoms with Crippen molar-refractivity contribution in [2.75, 3.05) is 18.0 Å². The van der Waals surface area contributed by atoms with Gasteiger partial charge in [0.25, 0.3) is 5.91 Å². The summed E-state index contributed by atoms with van der Waals surface area (Å²) < 4.78 is 20.3. The molecule has 1 amide bonds. The monoisotopic (exact) mass is 883 g/mol. The van der Waals surface area contributed by atoms with E-state index < -0.39 is 0 Å². The van der Waals surface area contributed by atoms with E-state index in [1.54, 1.807) is 48.1 Å². The van der Waals surface area contributed by atoms with Gasteiger partial charge in [0.1, 0.15) is 41.1 Å². The SMILES string of the molecule is Cc1sc2c(c1C)C(c1ccc(O[C@H]3C[C@]4(CCCN(c5ccc(C(=O)N[C@H]6CC[C@H](Oc7ccc(C#N)c(Cl)c7)CC6)nn5)C4)C3)nc1)=N[C@@H](Cc1ncco1)c1nnc(C)n1-2. The zero-order chi connectivity index (χ0) is 43.2. The second kappa shape index (κ2) is 16.8. The van der Waals surface area contributed by atoms with Crippen molar-refractivity contribution in [3.63, 3.8) is 0 Å². The molecule has 4 aliphatic rings. The normalized spacial score (nSPS) is 22.8. The smallest absolute Gasteiger partial charge is 0.272 e. The number of halogens is 1. The fourth-order valence-corrected chi connectivity index (χ4v) is 11.0. The molecule has 15 nitrogen and oxygen atoms in total. The summed E-state index contributed by atoms with van der Waals surface area (Å²) in [6.45, 7) is 8.00. The number of hydrogen-bond acceptors (Lipinski definition) is 14. The van der Waals surface area contributed by atoms with Crippen LogP contribution in [0, 0.1) is 37.5 Å². The van der Waals surface area contributed by atoms with E-state index in [4.69, 9.17) is 40.7 Å². The van der Waals surface area contributed by atoms with E-state index in [1.165, 1.54) is 10.4 Å². The zero-order valence-electron chi connectivity index (χ0n) is 35.3. The molecule has 10 rings (SSSR count). The Bertz CT molecular complexity index is 2710. The van der Waals surface area contributed by atoms with Crippen molar-refractivity contribution >= 4 is 40.4 Å². The Labute approximate surface area is 373 Å². The number of pyridine rings is 1. The topological polar surface area (TPSA) is 182 Å². The molecule has 63 heavy (non-hydrogen) atoms.